The average molecular weight is 425 g/mol. The molecule has 0 fully saturated rings. The van der Waals surface area contributed by atoms with E-state index in [1.54, 1.807) is 0 Å². The SMILES string of the molecule is NC(=O)N(c1ccccc1)c1ccccc1C(COc1ccccc1)Oc1ccccc1. The zero-order valence-electron chi connectivity index (χ0n) is 17.5. The summed E-state index contributed by atoms with van der Waals surface area (Å²) in [6, 6.07) is 35.4. The Morgan fingerprint density at radius 2 is 1.25 bits per heavy atom. The van der Waals surface area contributed by atoms with Gasteiger partial charge in [0.1, 0.15) is 18.1 Å². The van der Waals surface area contributed by atoms with Gasteiger partial charge in [-0.2, -0.15) is 0 Å². The molecule has 0 heterocycles. The summed E-state index contributed by atoms with van der Waals surface area (Å²) in [7, 11) is 0. The van der Waals surface area contributed by atoms with Crippen molar-refractivity contribution in [2.45, 2.75) is 6.10 Å². The standard InChI is InChI=1S/C27H24N2O3/c28-27(30)29(21-12-4-1-5-13-21)25-19-11-10-18-24(25)26(32-23-16-8-3-9-17-23)20-31-22-14-6-2-7-15-22/h1-19,26H,20H2,(H2,28,30). The second-order valence-corrected chi connectivity index (χ2v) is 7.11. The van der Waals surface area contributed by atoms with Crippen LogP contribution in [0.2, 0.25) is 0 Å². The third-order valence-electron chi connectivity index (χ3n) is 4.93. The molecule has 2 amide bonds. The Hall–Kier alpha value is -4.25. The quantitative estimate of drug-likeness (QED) is 0.371. The molecule has 0 aliphatic heterocycles. The highest BCUT2D eigenvalue weighted by atomic mass is 16.5. The molecule has 0 aliphatic carbocycles. The molecule has 5 heteroatoms. The summed E-state index contributed by atoms with van der Waals surface area (Å²) in [6.07, 6.45) is -0.487. The number of amides is 2. The molecule has 4 aromatic carbocycles. The Bertz CT molecular complexity index is 1140. The molecule has 2 N–H and O–H groups in total. The van der Waals surface area contributed by atoms with Crippen molar-refractivity contribution >= 4 is 17.4 Å². The lowest BCUT2D eigenvalue weighted by molar-refractivity contribution is 0.130. The first-order chi connectivity index (χ1) is 15.7. The smallest absolute Gasteiger partial charge is 0.323 e. The number of para-hydroxylation sites is 4. The predicted octanol–water partition coefficient (Wildman–Crippen LogP) is 6.10. The van der Waals surface area contributed by atoms with E-state index < -0.39 is 12.1 Å². The highest BCUT2D eigenvalue weighted by Crippen LogP contribution is 2.34. The largest absolute Gasteiger partial charge is 0.489 e. The number of carbonyl (C=O) groups excluding carboxylic acids is 1. The molecule has 4 rings (SSSR count). The lowest BCUT2D eigenvalue weighted by Gasteiger charge is -2.27. The number of benzene rings is 4. The molecular formula is C27H24N2O3. The maximum Gasteiger partial charge on any atom is 0.323 e. The van der Waals surface area contributed by atoms with Gasteiger partial charge in [0.05, 0.1) is 11.4 Å². The highest BCUT2D eigenvalue weighted by molar-refractivity contribution is 5.99. The van der Waals surface area contributed by atoms with Gasteiger partial charge in [0.25, 0.3) is 0 Å². The molecule has 0 aromatic heterocycles. The number of ether oxygens (including phenoxy) is 2. The van der Waals surface area contributed by atoms with E-state index in [1.165, 1.54) is 4.90 Å². The van der Waals surface area contributed by atoms with Crippen molar-refractivity contribution in [2.75, 3.05) is 11.5 Å². The van der Waals surface area contributed by atoms with Gasteiger partial charge in [-0.1, -0.05) is 72.8 Å². The molecule has 160 valence electrons. The Kier molecular flexibility index (Phi) is 6.68. The van der Waals surface area contributed by atoms with Crippen LogP contribution >= 0.6 is 0 Å². The van der Waals surface area contributed by atoms with E-state index in [1.807, 2.05) is 115 Å². The van der Waals surface area contributed by atoms with E-state index in [2.05, 4.69) is 0 Å². The van der Waals surface area contributed by atoms with Crippen molar-refractivity contribution in [1.29, 1.82) is 0 Å². The minimum absolute atomic E-state index is 0.247. The first-order valence-electron chi connectivity index (χ1n) is 10.4. The zero-order chi connectivity index (χ0) is 22.2. The van der Waals surface area contributed by atoms with Crippen molar-refractivity contribution in [3.63, 3.8) is 0 Å². The van der Waals surface area contributed by atoms with Crippen LogP contribution in [0.5, 0.6) is 11.5 Å². The number of hydrogen-bond acceptors (Lipinski definition) is 3. The molecule has 0 aliphatic rings. The van der Waals surface area contributed by atoms with Crippen LogP contribution in [0.15, 0.2) is 115 Å². The van der Waals surface area contributed by atoms with Crippen LogP contribution in [0.25, 0.3) is 0 Å². The van der Waals surface area contributed by atoms with Gasteiger partial charge in [0, 0.05) is 5.56 Å². The number of nitrogens with zero attached hydrogens (tertiary/aromatic N) is 1. The molecule has 1 atom stereocenters. The summed E-state index contributed by atoms with van der Waals surface area (Å²) < 4.78 is 12.4. The Morgan fingerprint density at radius 1 is 0.719 bits per heavy atom. The van der Waals surface area contributed by atoms with Crippen LogP contribution in [-0.4, -0.2) is 12.6 Å². The van der Waals surface area contributed by atoms with Gasteiger partial charge in [-0.15, -0.1) is 0 Å². The predicted molar refractivity (Wildman–Crippen MR) is 126 cm³/mol. The van der Waals surface area contributed by atoms with Gasteiger partial charge >= 0.3 is 6.03 Å². The molecule has 0 bridgehead atoms. The third-order valence-corrected chi connectivity index (χ3v) is 4.93. The van der Waals surface area contributed by atoms with Crippen molar-refractivity contribution in [2.24, 2.45) is 5.73 Å². The number of primary amides is 1. The van der Waals surface area contributed by atoms with Crippen LogP contribution in [0.4, 0.5) is 16.2 Å². The second kappa shape index (κ2) is 10.2. The first-order valence-corrected chi connectivity index (χ1v) is 10.4. The summed E-state index contributed by atoms with van der Waals surface area (Å²) in [4.78, 5) is 14.0. The number of carbonyl (C=O) groups is 1. The number of nitrogens with two attached hydrogens (primary N) is 1. The fraction of sp³-hybridized carbons (Fsp3) is 0.0741. The zero-order valence-corrected chi connectivity index (χ0v) is 17.5. The van der Waals surface area contributed by atoms with Crippen LogP contribution in [-0.2, 0) is 0 Å². The second-order valence-electron chi connectivity index (χ2n) is 7.11. The van der Waals surface area contributed by atoms with Crippen LogP contribution in [0.3, 0.4) is 0 Å². The highest BCUT2D eigenvalue weighted by Gasteiger charge is 2.24. The Balaban J connectivity index is 1.72. The summed E-state index contributed by atoms with van der Waals surface area (Å²) >= 11 is 0. The molecule has 0 saturated heterocycles. The molecular weight excluding hydrogens is 400 g/mol. The van der Waals surface area contributed by atoms with Gasteiger partial charge in [0.2, 0.25) is 0 Å². The molecule has 4 aromatic rings. The maximum atomic E-state index is 12.5. The van der Waals surface area contributed by atoms with E-state index in [0.717, 1.165) is 11.3 Å². The number of anilines is 2. The minimum atomic E-state index is -0.578. The lowest BCUT2D eigenvalue weighted by Crippen LogP contribution is -2.33. The van der Waals surface area contributed by atoms with E-state index in [4.69, 9.17) is 15.2 Å². The van der Waals surface area contributed by atoms with Crippen molar-refractivity contribution in [3.05, 3.63) is 121 Å². The summed E-state index contributed by atoms with van der Waals surface area (Å²) in [5.41, 5.74) is 7.91. The number of urea groups is 1. The van der Waals surface area contributed by atoms with Gasteiger partial charge in [-0.3, -0.25) is 4.90 Å². The summed E-state index contributed by atoms with van der Waals surface area (Å²) in [6.45, 7) is 0.247. The Labute approximate surface area is 187 Å². The third kappa shape index (κ3) is 5.08. The fourth-order valence-corrected chi connectivity index (χ4v) is 3.46. The molecule has 5 nitrogen and oxygen atoms in total. The lowest BCUT2D eigenvalue weighted by atomic mass is 10.1. The van der Waals surface area contributed by atoms with E-state index in [9.17, 15) is 4.79 Å². The van der Waals surface area contributed by atoms with Crippen LogP contribution < -0.4 is 20.1 Å². The van der Waals surface area contributed by atoms with Crippen molar-refractivity contribution in [3.8, 4) is 11.5 Å². The van der Waals surface area contributed by atoms with E-state index in [-0.39, 0.29) is 6.61 Å². The molecule has 0 spiro atoms. The van der Waals surface area contributed by atoms with Gasteiger partial charge < -0.3 is 15.2 Å². The van der Waals surface area contributed by atoms with Crippen LogP contribution in [0, 0.1) is 0 Å². The van der Waals surface area contributed by atoms with Crippen molar-refractivity contribution < 1.29 is 14.3 Å². The van der Waals surface area contributed by atoms with Gasteiger partial charge in [0.15, 0.2) is 6.10 Å². The topological polar surface area (TPSA) is 64.8 Å². The monoisotopic (exact) mass is 424 g/mol. The van der Waals surface area contributed by atoms with Gasteiger partial charge in [-0.05, 0) is 42.5 Å². The maximum absolute atomic E-state index is 12.5. The summed E-state index contributed by atoms with van der Waals surface area (Å²) in [5, 5.41) is 0. The molecule has 0 saturated carbocycles. The fourth-order valence-electron chi connectivity index (χ4n) is 3.46. The van der Waals surface area contributed by atoms with Crippen LogP contribution in [0.1, 0.15) is 11.7 Å². The summed E-state index contributed by atoms with van der Waals surface area (Å²) in [5.74, 6) is 1.44. The normalized spacial score (nSPS) is 11.4. The van der Waals surface area contributed by atoms with E-state index in [0.29, 0.717) is 17.1 Å². The molecule has 32 heavy (non-hydrogen) atoms. The molecule has 1 unspecified atom stereocenters. The molecule has 0 radical (unpaired) electrons. The number of rotatable bonds is 8. The average Bonchev–Trinajstić information content (AvgIpc) is 2.84. The first kappa shape index (κ1) is 21.0. The number of hydrogen-bond donors (Lipinski definition) is 1. The van der Waals surface area contributed by atoms with Crippen molar-refractivity contribution in [1.82, 2.24) is 0 Å². The minimum Gasteiger partial charge on any atom is -0.489 e. The van der Waals surface area contributed by atoms with E-state index >= 15 is 0 Å². The van der Waals surface area contributed by atoms with Gasteiger partial charge in [-0.25, -0.2) is 4.79 Å². The Morgan fingerprint density at radius 3 is 1.88 bits per heavy atom.